The number of rotatable bonds is 8. The van der Waals surface area contributed by atoms with Gasteiger partial charge in [-0.2, -0.15) is 0 Å². The molecule has 8 nitrogen and oxygen atoms in total. The van der Waals surface area contributed by atoms with E-state index in [1.54, 1.807) is 23.1 Å². The fourth-order valence-corrected chi connectivity index (χ4v) is 3.38. The highest BCUT2D eigenvalue weighted by Gasteiger charge is 2.33. The number of hydrogen-bond acceptors (Lipinski definition) is 6. The number of amides is 2. The molecule has 0 aliphatic carbocycles. The van der Waals surface area contributed by atoms with Gasteiger partial charge in [-0.25, -0.2) is 0 Å². The van der Waals surface area contributed by atoms with Crippen LogP contribution in [0.1, 0.15) is 47.5 Å². The first-order valence-corrected chi connectivity index (χ1v) is 10.8. The second kappa shape index (κ2) is 11.0. The Kier molecular flexibility index (Phi) is 8.71. The fraction of sp³-hybridized carbons (Fsp3) is 0.609. The van der Waals surface area contributed by atoms with Gasteiger partial charge in [-0.1, -0.05) is 20.8 Å². The Morgan fingerprint density at radius 2 is 1.71 bits per heavy atom. The molecule has 0 radical (unpaired) electrons. The Hall–Kier alpha value is -2.77. The maximum Gasteiger partial charge on any atom is 0.309 e. The van der Waals surface area contributed by atoms with E-state index >= 15 is 0 Å². The fourth-order valence-electron chi connectivity index (χ4n) is 3.38. The van der Waals surface area contributed by atoms with E-state index in [0.29, 0.717) is 56.3 Å². The monoisotopic (exact) mass is 434 g/mol. The van der Waals surface area contributed by atoms with E-state index < -0.39 is 17.3 Å². The summed E-state index contributed by atoms with van der Waals surface area (Å²) in [4.78, 5) is 38.9. The molecule has 31 heavy (non-hydrogen) atoms. The van der Waals surface area contributed by atoms with Gasteiger partial charge in [0.1, 0.15) is 11.5 Å². The first-order valence-electron chi connectivity index (χ1n) is 10.8. The van der Waals surface area contributed by atoms with Gasteiger partial charge < -0.3 is 24.4 Å². The van der Waals surface area contributed by atoms with Crippen molar-refractivity contribution in [2.45, 2.75) is 47.5 Å². The van der Waals surface area contributed by atoms with E-state index in [-0.39, 0.29) is 18.4 Å². The average molecular weight is 435 g/mol. The van der Waals surface area contributed by atoms with Crippen LogP contribution in [0.5, 0.6) is 11.5 Å². The molecule has 0 atom stereocenters. The van der Waals surface area contributed by atoms with Crippen molar-refractivity contribution >= 4 is 23.5 Å². The van der Waals surface area contributed by atoms with Crippen molar-refractivity contribution in [3.05, 3.63) is 18.2 Å². The van der Waals surface area contributed by atoms with Crippen LogP contribution in [0.25, 0.3) is 0 Å². The molecule has 1 saturated heterocycles. The van der Waals surface area contributed by atoms with Crippen LogP contribution in [0.15, 0.2) is 18.2 Å². The van der Waals surface area contributed by atoms with Crippen LogP contribution in [-0.2, 0) is 19.1 Å². The molecule has 1 N–H and O–H groups in total. The van der Waals surface area contributed by atoms with Gasteiger partial charge in [0.15, 0.2) is 6.61 Å². The molecule has 0 aromatic heterocycles. The highest BCUT2D eigenvalue weighted by atomic mass is 16.5. The molecule has 1 aliphatic heterocycles. The van der Waals surface area contributed by atoms with Crippen LogP contribution >= 0.6 is 0 Å². The first kappa shape index (κ1) is 24.5. The molecule has 0 unspecified atom stereocenters. The quantitative estimate of drug-likeness (QED) is 0.631. The summed E-state index contributed by atoms with van der Waals surface area (Å²) in [6, 6.07) is 5.17. The maximum atomic E-state index is 12.4. The Morgan fingerprint density at radius 1 is 1.06 bits per heavy atom. The summed E-state index contributed by atoms with van der Waals surface area (Å²) in [6.07, 6.45) is 1.07. The average Bonchev–Trinajstić information content (AvgIpc) is 2.73. The molecule has 172 valence electrons. The Labute approximate surface area is 184 Å². The third-order valence-electron chi connectivity index (χ3n) is 4.94. The standard InChI is InChI=1S/C23H34N2O6/c1-6-29-17-8-9-19(30-7-2)18(14-17)24-20(26)15-31-21(27)16-10-12-25(13-11-16)22(28)23(3,4)5/h8-9,14,16H,6-7,10-13,15H2,1-5H3,(H,24,26). The van der Waals surface area contributed by atoms with Gasteiger partial charge in [-0.05, 0) is 38.8 Å². The van der Waals surface area contributed by atoms with E-state index in [4.69, 9.17) is 14.2 Å². The zero-order valence-electron chi connectivity index (χ0n) is 19.2. The summed E-state index contributed by atoms with van der Waals surface area (Å²) in [5.74, 6) is 0.0286. The van der Waals surface area contributed by atoms with Crippen molar-refractivity contribution in [3.63, 3.8) is 0 Å². The van der Waals surface area contributed by atoms with E-state index in [2.05, 4.69) is 5.32 Å². The third-order valence-corrected chi connectivity index (χ3v) is 4.94. The van der Waals surface area contributed by atoms with Crippen molar-refractivity contribution < 1.29 is 28.6 Å². The molecule has 8 heteroatoms. The number of hydrogen-bond donors (Lipinski definition) is 1. The van der Waals surface area contributed by atoms with Crippen molar-refractivity contribution in [1.82, 2.24) is 4.90 Å². The zero-order chi connectivity index (χ0) is 23.0. The highest BCUT2D eigenvalue weighted by Crippen LogP contribution is 2.29. The highest BCUT2D eigenvalue weighted by molar-refractivity contribution is 5.94. The molecule has 1 aromatic rings. The van der Waals surface area contributed by atoms with Crippen LogP contribution in [-0.4, -0.2) is 55.6 Å². The second-order valence-electron chi connectivity index (χ2n) is 8.50. The number of nitrogens with zero attached hydrogens (tertiary/aromatic N) is 1. The smallest absolute Gasteiger partial charge is 0.309 e. The maximum absolute atomic E-state index is 12.4. The van der Waals surface area contributed by atoms with Crippen molar-refractivity contribution in [1.29, 1.82) is 0 Å². The minimum absolute atomic E-state index is 0.0816. The lowest BCUT2D eigenvalue weighted by Crippen LogP contribution is -2.45. The summed E-state index contributed by atoms with van der Waals surface area (Å²) in [7, 11) is 0. The van der Waals surface area contributed by atoms with Crippen LogP contribution in [0, 0.1) is 11.3 Å². The van der Waals surface area contributed by atoms with Gasteiger partial charge in [-0.15, -0.1) is 0 Å². The normalized spacial score (nSPS) is 14.7. The number of carbonyl (C=O) groups is 3. The van der Waals surface area contributed by atoms with E-state index in [1.165, 1.54) is 0 Å². The van der Waals surface area contributed by atoms with E-state index in [9.17, 15) is 14.4 Å². The summed E-state index contributed by atoms with van der Waals surface area (Å²) in [5, 5.41) is 2.72. The first-order chi connectivity index (χ1) is 14.7. The molecule has 2 amide bonds. The van der Waals surface area contributed by atoms with Gasteiger partial charge >= 0.3 is 5.97 Å². The molecular weight excluding hydrogens is 400 g/mol. The number of carbonyl (C=O) groups excluding carboxylic acids is 3. The van der Waals surface area contributed by atoms with Crippen LogP contribution in [0.3, 0.4) is 0 Å². The number of likely N-dealkylation sites (tertiary alicyclic amines) is 1. The summed E-state index contributed by atoms with van der Waals surface area (Å²) in [5.41, 5.74) is 0.0217. The van der Waals surface area contributed by atoms with Crippen LogP contribution in [0.4, 0.5) is 5.69 Å². The summed E-state index contributed by atoms with van der Waals surface area (Å²) in [6.45, 7) is 11.0. The molecule has 0 spiro atoms. The van der Waals surface area contributed by atoms with Gasteiger partial charge in [0.2, 0.25) is 5.91 Å². The van der Waals surface area contributed by atoms with Gasteiger partial charge in [0.05, 0.1) is 24.8 Å². The Balaban J connectivity index is 1.86. The lowest BCUT2D eigenvalue weighted by atomic mass is 9.91. The SMILES string of the molecule is CCOc1ccc(OCC)c(NC(=O)COC(=O)C2CCN(C(=O)C(C)(C)C)CC2)c1. The molecular formula is C23H34N2O6. The predicted octanol–water partition coefficient (Wildman–Crippen LogP) is 3.25. The summed E-state index contributed by atoms with van der Waals surface area (Å²) >= 11 is 0. The van der Waals surface area contributed by atoms with Gasteiger partial charge in [-0.3, -0.25) is 14.4 Å². The van der Waals surface area contributed by atoms with Crippen molar-refractivity contribution in [2.75, 3.05) is 38.2 Å². The number of benzene rings is 1. The van der Waals surface area contributed by atoms with Crippen LogP contribution < -0.4 is 14.8 Å². The molecule has 2 rings (SSSR count). The molecule has 1 aromatic carbocycles. The molecule has 0 bridgehead atoms. The lowest BCUT2D eigenvalue weighted by Gasteiger charge is -2.34. The minimum atomic E-state index is -0.455. The van der Waals surface area contributed by atoms with Gasteiger partial charge in [0.25, 0.3) is 5.91 Å². The molecule has 0 saturated carbocycles. The Morgan fingerprint density at radius 3 is 2.29 bits per heavy atom. The number of nitrogens with one attached hydrogen (secondary N) is 1. The summed E-state index contributed by atoms with van der Waals surface area (Å²) < 4.78 is 16.2. The zero-order valence-corrected chi connectivity index (χ0v) is 19.2. The topological polar surface area (TPSA) is 94.2 Å². The molecule has 1 aliphatic rings. The number of anilines is 1. The number of piperidine rings is 1. The third kappa shape index (κ3) is 7.15. The van der Waals surface area contributed by atoms with Crippen LogP contribution in [0.2, 0.25) is 0 Å². The number of ether oxygens (including phenoxy) is 3. The van der Waals surface area contributed by atoms with E-state index in [1.807, 2.05) is 34.6 Å². The second-order valence-corrected chi connectivity index (χ2v) is 8.50. The van der Waals surface area contributed by atoms with Crippen molar-refractivity contribution in [2.24, 2.45) is 11.3 Å². The van der Waals surface area contributed by atoms with E-state index in [0.717, 1.165) is 0 Å². The lowest BCUT2D eigenvalue weighted by molar-refractivity contribution is -0.155. The van der Waals surface area contributed by atoms with Gasteiger partial charge in [0, 0.05) is 24.6 Å². The molecule has 1 heterocycles. The number of esters is 1. The molecule has 1 fully saturated rings. The predicted molar refractivity (Wildman–Crippen MR) is 117 cm³/mol. The largest absolute Gasteiger partial charge is 0.494 e. The Bertz CT molecular complexity index is 779. The van der Waals surface area contributed by atoms with Crippen molar-refractivity contribution in [3.8, 4) is 11.5 Å². The minimum Gasteiger partial charge on any atom is -0.494 e.